The Hall–Kier alpha value is -0.660. The molecule has 0 aliphatic carbocycles. The number of nitrogens with zero attached hydrogens (tertiary/aromatic N) is 1. The minimum Gasteiger partial charge on any atom is -0.386 e. The summed E-state index contributed by atoms with van der Waals surface area (Å²) < 4.78 is 27.8. The molecule has 1 rings (SSSR count). The molecule has 0 amide bonds. The van der Waals surface area contributed by atoms with E-state index in [9.17, 15) is 8.42 Å². The largest absolute Gasteiger partial charge is 0.386 e. The Labute approximate surface area is 96.9 Å². The van der Waals surface area contributed by atoms with Crippen LogP contribution in [0, 0.1) is 5.41 Å². The van der Waals surface area contributed by atoms with Crippen molar-refractivity contribution in [3.8, 4) is 0 Å². The first-order chi connectivity index (χ1) is 7.34. The van der Waals surface area contributed by atoms with Gasteiger partial charge in [-0.1, -0.05) is 6.42 Å². The first-order valence-electron chi connectivity index (χ1n) is 5.47. The van der Waals surface area contributed by atoms with Crippen LogP contribution in [0.3, 0.4) is 0 Å². The second-order valence-electron chi connectivity index (χ2n) is 4.26. The third kappa shape index (κ3) is 3.16. The fourth-order valence-electron chi connectivity index (χ4n) is 1.78. The van der Waals surface area contributed by atoms with Gasteiger partial charge in [-0.3, -0.25) is 5.41 Å². The lowest BCUT2D eigenvalue weighted by Gasteiger charge is -2.33. The van der Waals surface area contributed by atoms with Gasteiger partial charge in [-0.2, -0.15) is 17.4 Å². The van der Waals surface area contributed by atoms with Crippen LogP contribution in [-0.2, 0) is 10.2 Å². The van der Waals surface area contributed by atoms with Crippen LogP contribution >= 0.6 is 0 Å². The standard InChI is InChI=1S/C9H20N4O2S/c1-7-5-3-4-6-13(7)16(14,15)12-8(2)9(10)11/h7-8,12H,3-6H2,1-2H3,(H3,10,11). The molecule has 0 bridgehead atoms. The van der Waals surface area contributed by atoms with E-state index in [1.807, 2.05) is 6.92 Å². The first-order valence-corrected chi connectivity index (χ1v) is 6.91. The van der Waals surface area contributed by atoms with E-state index in [4.69, 9.17) is 11.1 Å². The highest BCUT2D eigenvalue weighted by atomic mass is 32.2. The van der Waals surface area contributed by atoms with Crippen LogP contribution in [0.4, 0.5) is 0 Å². The number of nitrogens with two attached hydrogens (primary N) is 1. The van der Waals surface area contributed by atoms with Crippen LogP contribution in [-0.4, -0.2) is 37.2 Å². The van der Waals surface area contributed by atoms with Crippen LogP contribution < -0.4 is 10.5 Å². The van der Waals surface area contributed by atoms with E-state index in [2.05, 4.69) is 4.72 Å². The fraction of sp³-hybridized carbons (Fsp3) is 0.889. The summed E-state index contributed by atoms with van der Waals surface area (Å²) in [5, 5.41) is 7.18. The topological polar surface area (TPSA) is 99.3 Å². The molecule has 1 aliphatic heterocycles. The molecule has 0 aromatic rings. The van der Waals surface area contributed by atoms with Gasteiger partial charge in [0.1, 0.15) is 5.84 Å². The van der Waals surface area contributed by atoms with Crippen molar-refractivity contribution >= 4 is 16.0 Å². The SMILES string of the molecule is CC(NS(=O)(=O)N1CCCCC1C)C(=N)N. The first kappa shape index (κ1) is 13.4. The Bertz CT molecular complexity index is 355. The number of hydrogen-bond donors (Lipinski definition) is 3. The normalized spacial score (nSPS) is 25.2. The van der Waals surface area contributed by atoms with E-state index >= 15 is 0 Å². The van der Waals surface area contributed by atoms with Gasteiger partial charge in [-0.25, -0.2) is 0 Å². The summed E-state index contributed by atoms with van der Waals surface area (Å²) in [5.74, 6) is -0.173. The van der Waals surface area contributed by atoms with Crippen molar-refractivity contribution in [1.29, 1.82) is 5.41 Å². The molecule has 16 heavy (non-hydrogen) atoms. The minimum absolute atomic E-state index is 0.0189. The molecule has 2 unspecified atom stereocenters. The lowest BCUT2D eigenvalue weighted by molar-refractivity contribution is 0.265. The van der Waals surface area contributed by atoms with Crippen LogP contribution in [0.2, 0.25) is 0 Å². The highest BCUT2D eigenvalue weighted by molar-refractivity contribution is 7.87. The third-order valence-corrected chi connectivity index (χ3v) is 4.65. The summed E-state index contributed by atoms with van der Waals surface area (Å²) in [6.07, 6.45) is 2.84. The monoisotopic (exact) mass is 248 g/mol. The molecule has 1 saturated heterocycles. The summed E-state index contributed by atoms with van der Waals surface area (Å²) in [5.41, 5.74) is 5.25. The molecule has 1 aliphatic rings. The number of amidine groups is 1. The quantitative estimate of drug-likeness (QED) is 0.483. The predicted octanol–water partition coefficient (Wildman–Crippen LogP) is 0.0197. The molecule has 2 atom stereocenters. The second-order valence-corrected chi connectivity index (χ2v) is 5.91. The predicted molar refractivity (Wildman–Crippen MR) is 63.5 cm³/mol. The summed E-state index contributed by atoms with van der Waals surface area (Å²) in [6.45, 7) is 4.01. The third-order valence-electron chi connectivity index (χ3n) is 2.84. The highest BCUT2D eigenvalue weighted by Gasteiger charge is 2.30. The zero-order valence-electron chi connectivity index (χ0n) is 9.73. The van der Waals surface area contributed by atoms with Gasteiger partial charge < -0.3 is 5.73 Å². The number of rotatable bonds is 4. The minimum atomic E-state index is -3.51. The molecule has 4 N–H and O–H groups in total. The Morgan fingerprint density at radius 3 is 2.69 bits per heavy atom. The number of hydrogen-bond acceptors (Lipinski definition) is 3. The fourth-order valence-corrected chi connectivity index (χ4v) is 3.44. The highest BCUT2D eigenvalue weighted by Crippen LogP contribution is 2.19. The van der Waals surface area contributed by atoms with E-state index in [0.717, 1.165) is 19.3 Å². The van der Waals surface area contributed by atoms with Gasteiger partial charge in [-0.05, 0) is 26.7 Å². The van der Waals surface area contributed by atoms with Crippen molar-refractivity contribution < 1.29 is 8.42 Å². The average molecular weight is 248 g/mol. The van der Waals surface area contributed by atoms with Gasteiger partial charge in [0.05, 0.1) is 6.04 Å². The van der Waals surface area contributed by atoms with E-state index < -0.39 is 16.3 Å². The zero-order chi connectivity index (χ0) is 12.3. The van der Waals surface area contributed by atoms with Crippen molar-refractivity contribution in [2.75, 3.05) is 6.54 Å². The van der Waals surface area contributed by atoms with E-state index in [1.165, 1.54) is 4.31 Å². The molecule has 0 aromatic carbocycles. The second kappa shape index (κ2) is 5.11. The summed E-state index contributed by atoms with van der Waals surface area (Å²) >= 11 is 0. The van der Waals surface area contributed by atoms with Crippen LogP contribution in [0.5, 0.6) is 0 Å². The summed E-state index contributed by atoms with van der Waals surface area (Å²) in [4.78, 5) is 0. The van der Waals surface area contributed by atoms with Crippen molar-refractivity contribution in [3.05, 3.63) is 0 Å². The molecule has 0 saturated carbocycles. The molecule has 0 spiro atoms. The van der Waals surface area contributed by atoms with Gasteiger partial charge in [0.25, 0.3) is 10.2 Å². The molecule has 7 heteroatoms. The van der Waals surface area contributed by atoms with Crippen molar-refractivity contribution in [1.82, 2.24) is 9.03 Å². The van der Waals surface area contributed by atoms with E-state index in [1.54, 1.807) is 6.92 Å². The molecule has 1 fully saturated rings. The van der Waals surface area contributed by atoms with Gasteiger partial charge >= 0.3 is 0 Å². The molecule has 6 nitrogen and oxygen atoms in total. The van der Waals surface area contributed by atoms with Gasteiger partial charge in [0.15, 0.2) is 0 Å². The van der Waals surface area contributed by atoms with Gasteiger partial charge in [0, 0.05) is 12.6 Å². The number of piperidine rings is 1. The maximum atomic E-state index is 12.0. The van der Waals surface area contributed by atoms with Crippen molar-refractivity contribution in [2.45, 2.75) is 45.2 Å². The summed E-state index contributed by atoms with van der Waals surface area (Å²) in [6, 6.07) is -0.635. The average Bonchev–Trinajstić information content (AvgIpc) is 2.17. The van der Waals surface area contributed by atoms with Crippen molar-refractivity contribution in [3.63, 3.8) is 0 Å². The number of nitrogens with one attached hydrogen (secondary N) is 2. The van der Waals surface area contributed by atoms with Crippen molar-refractivity contribution in [2.24, 2.45) is 5.73 Å². The van der Waals surface area contributed by atoms with Gasteiger partial charge in [-0.15, -0.1) is 0 Å². The molecule has 0 aromatic heterocycles. The van der Waals surface area contributed by atoms with Crippen LogP contribution in [0.15, 0.2) is 0 Å². The summed E-state index contributed by atoms with van der Waals surface area (Å²) in [7, 11) is -3.51. The molecular formula is C9H20N4O2S. The van der Waals surface area contributed by atoms with E-state index in [0.29, 0.717) is 6.54 Å². The van der Waals surface area contributed by atoms with Crippen LogP contribution in [0.1, 0.15) is 33.1 Å². The smallest absolute Gasteiger partial charge is 0.280 e. The Morgan fingerprint density at radius 1 is 1.56 bits per heavy atom. The lowest BCUT2D eigenvalue weighted by atomic mass is 10.1. The van der Waals surface area contributed by atoms with Crippen LogP contribution in [0.25, 0.3) is 0 Å². The molecule has 94 valence electrons. The Morgan fingerprint density at radius 2 is 2.19 bits per heavy atom. The molecule has 1 heterocycles. The molecular weight excluding hydrogens is 228 g/mol. The Kier molecular flexibility index (Phi) is 4.28. The maximum absolute atomic E-state index is 12.0. The van der Waals surface area contributed by atoms with Gasteiger partial charge in [0.2, 0.25) is 0 Å². The van der Waals surface area contributed by atoms with E-state index in [-0.39, 0.29) is 11.9 Å². The molecule has 0 radical (unpaired) electrons. The maximum Gasteiger partial charge on any atom is 0.280 e. The zero-order valence-corrected chi connectivity index (χ0v) is 10.5. The Balaban J connectivity index is 2.72. The lowest BCUT2D eigenvalue weighted by Crippen LogP contribution is -2.52.